The molecule has 4 rings (SSSR count). The van der Waals surface area contributed by atoms with Crippen molar-refractivity contribution >= 4 is 38.2 Å². The van der Waals surface area contributed by atoms with E-state index in [-0.39, 0.29) is 22.6 Å². The second kappa shape index (κ2) is 6.75. The van der Waals surface area contributed by atoms with Crippen molar-refractivity contribution in [3.05, 3.63) is 24.0 Å². The van der Waals surface area contributed by atoms with Gasteiger partial charge < -0.3 is 15.5 Å². The van der Waals surface area contributed by atoms with Gasteiger partial charge in [0.15, 0.2) is 0 Å². The lowest BCUT2D eigenvalue weighted by molar-refractivity contribution is -0.167. The summed E-state index contributed by atoms with van der Waals surface area (Å²) in [6, 6.07) is 3.03. The third-order valence-corrected chi connectivity index (χ3v) is 5.94. The molecule has 2 aromatic rings. The molecule has 0 aliphatic carbocycles. The molecule has 2 aliphatic heterocycles. The number of aromatic nitrogens is 1. The lowest BCUT2D eigenvalue weighted by Crippen LogP contribution is -2.47. The highest BCUT2D eigenvalue weighted by molar-refractivity contribution is 7.23. The number of nitrogens with one attached hydrogen (secondary N) is 2. The van der Waals surface area contributed by atoms with E-state index in [0.29, 0.717) is 16.0 Å². The summed E-state index contributed by atoms with van der Waals surface area (Å²) >= 11 is 0.970. The van der Waals surface area contributed by atoms with Crippen LogP contribution in [0.1, 0.15) is 23.3 Å². The van der Waals surface area contributed by atoms with E-state index >= 15 is 0 Å². The monoisotopic (exact) mass is 398 g/mol. The molecule has 2 saturated heterocycles. The average Bonchev–Trinajstić information content (AvgIpc) is 3.15. The molecule has 2 bridgehead atoms. The Labute approximate surface area is 156 Å². The first-order chi connectivity index (χ1) is 12.8. The maximum atomic E-state index is 12.5. The number of nitrogens with zero attached hydrogens (tertiary/aromatic N) is 2. The molecule has 0 aromatic carbocycles. The van der Waals surface area contributed by atoms with Crippen LogP contribution < -0.4 is 10.6 Å². The summed E-state index contributed by atoms with van der Waals surface area (Å²) in [5, 5.41) is 5.45. The number of pyridine rings is 1. The van der Waals surface area contributed by atoms with Gasteiger partial charge in [-0.2, -0.15) is 13.2 Å². The highest BCUT2D eigenvalue weighted by atomic mass is 32.1. The molecule has 0 saturated carbocycles. The van der Waals surface area contributed by atoms with E-state index in [1.54, 1.807) is 0 Å². The van der Waals surface area contributed by atoms with Crippen LogP contribution in [0, 0.1) is 5.92 Å². The van der Waals surface area contributed by atoms with Crippen molar-refractivity contribution < 1.29 is 22.8 Å². The smallest absolute Gasteiger partial charge is 0.347 e. The summed E-state index contributed by atoms with van der Waals surface area (Å²) in [6.45, 7) is 3.00. The third-order valence-electron chi connectivity index (χ3n) is 4.93. The molecule has 0 radical (unpaired) electrons. The van der Waals surface area contributed by atoms with Gasteiger partial charge >= 0.3 is 12.1 Å². The van der Waals surface area contributed by atoms with Gasteiger partial charge in [-0.15, -0.1) is 11.3 Å². The summed E-state index contributed by atoms with van der Waals surface area (Å²) in [5.74, 6) is -1.70. The summed E-state index contributed by atoms with van der Waals surface area (Å²) < 4.78 is 37.7. The fraction of sp³-hybridized carbons (Fsp3) is 0.471. The van der Waals surface area contributed by atoms with Crippen LogP contribution in [0.3, 0.4) is 0 Å². The van der Waals surface area contributed by atoms with Gasteiger partial charge in [0.1, 0.15) is 5.69 Å². The molecule has 1 unspecified atom stereocenters. The Morgan fingerprint density at radius 2 is 2.07 bits per heavy atom. The quantitative estimate of drug-likeness (QED) is 0.834. The largest absolute Gasteiger partial charge is 0.471 e. The van der Waals surface area contributed by atoms with Gasteiger partial charge in [0.2, 0.25) is 0 Å². The standard InChI is InChI=1S/C17H17F3N4O2S/c18-17(19,20)16(26)23-14-4-10-6-21-12(5-13(10)27-14)15(25)22-11-3-9-1-2-24(7-9)8-11/h4-6,9,11H,1-3,7-8H2,(H,22,25)(H,23,26)/t9-,11-/m1/s1. The van der Waals surface area contributed by atoms with E-state index in [0.717, 1.165) is 43.8 Å². The molecular weight excluding hydrogens is 381 g/mol. The van der Waals surface area contributed by atoms with E-state index in [4.69, 9.17) is 0 Å². The first kappa shape index (κ1) is 18.2. The average molecular weight is 398 g/mol. The maximum absolute atomic E-state index is 12.5. The predicted octanol–water partition coefficient (Wildman–Crippen LogP) is 2.62. The normalized spacial score (nSPS) is 24.8. The number of anilines is 1. The number of amides is 2. The minimum Gasteiger partial charge on any atom is -0.347 e. The number of rotatable bonds is 3. The number of carbonyl (C=O) groups is 2. The lowest BCUT2D eigenvalue weighted by Gasteiger charge is -2.30. The van der Waals surface area contributed by atoms with Crippen LogP contribution in [0.5, 0.6) is 0 Å². The van der Waals surface area contributed by atoms with Crippen molar-refractivity contribution in [3.8, 4) is 0 Å². The van der Waals surface area contributed by atoms with Gasteiger partial charge in [-0.25, -0.2) is 0 Å². The van der Waals surface area contributed by atoms with Gasteiger partial charge in [-0.3, -0.25) is 14.6 Å². The van der Waals surface area contributed by atoms with Crippen molar-refractivity contribution in [1.29, 1.82) is 0 Å². The van der Waals surface area contributed by atoms with E-state index in [9.17, 15) is 22.8 Å². The molecular formula is C17H17F3N4O2S. The number of alkyl halides is 3. The minimum atomic E-state index is -4.95. The molecule has 144 valence electrons. The van der Waals surface area contributed by atoms with Gasteiger partial charge in [-0.1, -0.05) is 0 Å². The van der Waals surface area contributed by atoms with Crippen LogP contribution in [-0.2, 0) is 4.79 Å². The van der Waals surface area contributed by atoms with Gasteiger partial charge in [-0.05, 0) is 37.4 Å². The zero-order chi connectivity index (χ0) is 19.2. The van der Waals surface area contributed by atoms with Crippen LogP contribution in [0.15, 0.2) is 18.3 Å². The van der Waals surface area contributed by atoms with Gasteiger partial charge in [0, 0.05) is 35.4 Å². The van der Waals surface area contributed by atoms with Crippen LogP contribution >= 0.6 is 11.3 Å². The second-order valence-corrected chi connectivity index (χ2v) is 8.07. The zero-order valence-electron chi connectivity index (χ0n) is 14.2. The molecule has 10 heteroatoms. The number of piperidine rings is 1. The molecule has 4 heterocycles. The predicted molar refractivity (Wildman–Crippen MR) is 94.7 cm³/mol. The van der Waals surface area contributed by atoms with Crippen molar-refractivity contribution in [2.75, 3.05) is 25.0 Å². The summed E-state index contributed by atoms with van der Waals surface area (Å²) in [7, 11) is 0. The van der Waals surface area contributed by atoms with Gasteiger partial charge in [0.25, 0.3) is 5.91 Å². The first-order valence-electron chi connectivity index (χ1n) is 8.59. The van der Waals surface area contributed by atoms with Crippen LogP contribution in [-0.4, -0.2) is 53.6 Å². The highest BCUT2D eigenvalue weighted by Gasteiger charge is 2.39. The minimum absolute atomic E-state index is 0.0586. The molecule has 0 spiro atoms. The summed E-state index contributed by atoms with van der Waals surface area (Å²) in [5.41, 5.74) is 0.214. The Morgan fingerprint density at radius 1 is 1.26 bits per heavy atom. The number of hydrogen-bond acceptors (Lipinski definition) is 5. The maximum Gasteiger partial charge on any atom is 0.471 e. The van der Waals surface area contributed by atoms with Crippen molar-refractivity contribution in [2.24, 2.45) is 5.92 Å². The highest BCUT2D eigenvalue weighted by Crippen LogP contribution is 2.31. The molecule has 2 amide bonds. The first-order valence-corrected chi connectivity index (χ1v) is 9.40. The third kappa shape index (κ3) is 3.91. The van der Waals surface area contributed by atoms with E-state index < -0.39 is 12.1 Å². The van der Waals surface area contributed by atoms with E-state index in [1.807, 2.05) is 5.32 Å². The molecule has 3 atom stereocenters. The number of fused-ring (bicyclic) bond motifs is 3. The Kier molecular flexibility index (Phi) is 4.55. The molecule has 2 N–H and O–H groups in total. The van der Waals surface area contributed by atoms with Crippen LogP contribution in [0.25, 0.3) is 10.1 Å². The fourth-order valence-corrected chi connectivity index (χ4v) is 4.69. The van der Waals surface area contributed by atoms with Crippen molar-refractivity contribution in [2.45, 2.75) is 25.1 Å². The second-order valence-electron chi connectivity index (χ2n) is 6.99. The van der Waals surface area contributed by atoms with Crippen molar-refractivity contribution in [1.82, 2.24) is 15.2 Å². The SMILES string of the molecule is O=C(N[C@@H]1C[C@H]2CCN(C2)C1)c1cc2sc(NC(=O)C(F)(F)F)cc2cn1. The number of thiophene rings is 1. The number of halogens is 3. The molecule has 27 heavy (non-hydrogen) atoms. The Balaban J connectivity index is 1.46. The Hall–Kier alpha value is -2.20. The Morgan fingerprint density at radius 3 is 2.81 bits per heavy atom. The topological polar surface area (TPSA) is 74.3 Å². The van der Waals surface area contributed by atoms with Crippen LogP contribution in [0.2, 0.25) is 0 Å². The Bertz CT molecular complexity index is 886. The number of carbonyl (C=O) groups excluding carboxylic acids is 2. The van der Waals surface area contributed by atoms with E-state index in [2.05, 4.69) is 15.2 Å². The molecule has 2 fully saturated rings. The van der Waals surface area contributed by atoms with Crippen molar-refractivity contribution in [3.63, 3.8) is 0 Å². The van der Waals surface area contributed by atoms with Crippen LogP contribution in [0.4, 0.5) is 18.2 Å². The molecule has 2 aromatic heterocycles. The fourth-order valence-electron chi connectivity index (χ4n) is 3.73. The molecule has 2 aliphatic rings. The zero-order valence-corrected chi connectivity index (χ0v) is 15.0. The lowest BCUT2D eigenvalue weighted by atomic mass is 9.97. The van der Waals surface area contributed by atoms with Gasteiger partial charge in [0.05, 0.1) is 5.00 Å². The van der Waals surface area contributed by atoms with E-state index in [1.165, 1.54) is 18.3 Å². The summed E-state index contributed by atoms with van der Waals surface area (Å²) in [4.78, 5) is 30.0. The number of hydrogen-bond donors (Lipinski definition) is 2. The summed E-state index contributed by atoms with van der Waals surface area (Å²) in [6.07, 6.45) is -1.40. The molecule has 6 nitrogen and oxygen atoms in total.